The van der Waals surface area contributed by atoms with Crippen LogP contribution in [0.5, 0.6) is 0 Å². The highest BCUT2D eigenvalue weighted by Gasteiger charge is 1.61. The molecule has 0 heteroatoms. The molecular formula is C10H20. The molecule has 0 aromatic heterocycles. The zero-order valence-corrected chi connectivity index (χ0v) is 7.56. The number of hydrogen-bond acceptors (Lipinski definition) is 0. The minimum absolute atomic E-state index is 1.15. The highest BCUT2D eigenvalue weighted by Crippen LogP contribution is 1.82. The van der Waals surface area contributed by atoms with Crippen LogP contribution in [0, 0.1) is 0 Å². The summed E-state index contributed by atoms with van der Waals surface area (Å²) in [5.41, 5.74) is 0. The summed E-state index contributed by atoms with van der Waals surface area (Å²) in [6.07, 6.45) is 9.65. The van der Waals surface area contributed by atoms with Crippen LogP contribution < -0.4 is 0 Å². The summed E-state index contributed by atoms with van der Waals surface area (Å²) in [4.78, 5) is 0. The Morgan fingerprint density at radius 1 is 1.30 bits per heavy atom. The molecule has 0 heterocycles. The maximum Gasteiger partial charge on any atom is -0.0356 e. The Morgan fingerprint density at radius 2 is 1.90 bits per heavy atom. The van der Waals surface area contributed by atoms with Crippen LogP contribution in [0.2, 0.25) is 0 Å². The second-order valence-electron chi connectivity index (χ2n) is 2.05. The first kappa shape index (κ1) is 12.2. The molecule has 0 amide bonds. The normalized spacial score (nSPS) is 8.70. The minimum Gasteiger partial charge on any atom is -0.103 e. The van der Waals surface area contributed by atoms with Crippen molar-refractivity contribution in [2.45, 2.75) is 40.0 Å². The fourth-order valence-corrected chi connectivity index (χ4v) is 0.440. The van der Waals surface area contributed by atoms with Crippen LogP contribution in [-0.2, 0) is 0 Å². The fraction of sp³-hybridized carbons (Fsp3) is 0.600. The number of rotatable bonds is 3. The molecule has 0 spiro atoms. The Bertz CT molecular complexity index is 70.1. The van der Waals surface area contributed by atoms with Crippen LogP contribution in [-0.4, -0.2) is 0 Å². The summed E-state index contributed by atoms with van der Waals surface area (Å²) >= 11 is 0. The summed E-state index contributed by atoms with van der Waals surface area (Å²) in [5, 5.41) is 0. The van der Waals surface area contributed by atoms with E-state index in [-0.39, 0.29) is 0 Å². The lowest BCUT2D eigenvalue weighted by atomic mass is 10.3. The van der Waals surface area contributed by atoms with Crippen molar-refractivity contribution in [3.05, 3.63) is 24.8 Å². The molecule has 0 aliphatic heterocycles. The number of allylic oxidation sites excluding steroid dienone is 3. The van der Waals surface area contributed by atoms with Crippen molar-refractivity contribution >= 4 is 0 Å². The molecule has 10 heavy (non-hydrogen) atoms. The van der Waals surface area contributed by atoms with Gasteiger partial charge in [0.1, 0.15) is 0 Å². The third-order valence-corrected chi connectivity index (χ3v) is 0.964. The first-order valence-corrected chi connectivity index (χ1v) is 4.05. The van der Waals surface area contributed by atoms with Crippen molar-refractivity contribution in [3.8, 4) is 0 Å². The molecule has 0 aliphatic carbocycles. The molecule has 0 fully saturated rings. The van der Waals surface area contributed by atoms with Crippen molar-refractivity contribution in [3.63, 3.8) is 0 Å². The van der Waals surface area contributed by atoms with Crippen LogP contribution >= 0.6 is 0 Å². The topological polar surface area (TPSA) is 0 Å². The Hall–Kier alpha value is -0.520. The fourth-order valence-electron chi connectivity index (χ4n) is 0.440. The van der Waals surface area contributed by atoms with Gasteiger partial charge in [0.25, 0.3) is 0 Å². The maximum absolute atomic E-state index is 3.55. The van der Waals surface area contributed by atoms with Gasteiger partial charge in [-0.15, -0.1) is 6.58 Å². The number of unbranched alkanes of at least 4 members (excludes halogenated alkanes) is 1. The van der Waals surface area contributed by atoms with Crippen LogP contribution in [0.4, 0.5) is 0 Å². The van der Waals surface area contributed by atoms with Crippen molar-refractivity contribution in [2.24, 2.45) is 0 Å². The van der Waals surface area contributed by atoms with Gasteiger partial charge in [0.15, 0.2) is 0 Å². The molecule has 0 saturated carbocycles. The van der Waals surface area contributed by atoms with E-state index in [0.29, 0.717) is 0 Å². The van der Waals surface area contributed by atoms with E-state index in [9.17, 15) is 0 Å². The molecular weight excluding hydrogens is 120 g/mol. The molecule has 0 rings (SSSR count). The van der Waals surface area contributed by atoms with E-state index in [0.717, 1.165) is 12.8 Å². The van der Waals surface area contributed by atoms with E-state index in [1.54, 1.807) is 0 Å². The van der Waals surface area contributed by atoms with Gasteiger partial charge in [-0.25, -0.2) is 0 Å². The molecule has 0 aliphatic rings. The first-order chi connectivity index (χ1) is 4.83. The SMILES string of the molecule is C/C=C\CC.C=CCCC. The van der Waals surface area contributed by atoms with Gasteiger partial charge < -0.3 is 0 Å². The molecule has 0 aromatic carbocycles. The average molecular weight is 140 g/mol. The third-order valence-electron chi connectivity index (χ3n) is 0.964. The molecule has 60 valence electrons. The van der Waals surface area contributed by atoms with Crippen LogP contribution in [0.25, 0.3) is 0 Å². The summed E-state index contributed by atoms with van der Waals surface area (Å²) < 4.78 is 0. The lowest BCUT2D eigenvalue weighted by molar-refractivity contribution is 0.961. The van der Waals surface area contributed by atoms with Gasteiger partial charge in [0.05, 0.1) is 0 Å². The molecule has 0 unspecified atom stereocenters. The van der Waals surface area contributed by atoms with Gasteiger partial charge in [0, 0.05) is 0 Å². The van der Waals surface area contributed by atoms with Gasteiger partial charge in [-0.05, 0) is 19.8 Å². The molecule has 0 saturated heterocycles. The van der Waals surface area contributed by atoms with Gasteiger partial charge >= 0.3 is 0 Å². The largest absolute Gasteiger partial charge is 0.103 e. The van der Waals surface area contributed by atoms with E-state index in [1.165, 1.54) is 6.42 Å². The molecule has 0 atom stereocenters. The van der Waals surface area contributed by atoms with E-state index >= 15 is 0 Å². The van der Waals surface area contributed by atoms with E-state index in [2.05, 4.69) is 32.6 Å². The van der Waals surface area contributed by atoms with Gasteiger partial charge in [-0.3, -0.25) is 0 Å². The van der Waals surface area contributed by atoms with Gasteiger partial charge in [-0.1, -0.05) is 38.5 Å². The van der Waals surface area contributed by atoms with Crippen LogP contribution in [0.15, 0.2) is 24.8 Å². The predicted molar refractivity (Wildman–Crippen MR) is 50.2 cm³/mol. The molecule has 0 aromatic rings. The lowest BCUT2D eigenvalue weighted by Gasteiger charge is -1.72. The van der Waals surface area contributed by atoms with Gasteiger partial charge in [0.2, 0.25) is 0 Å². The average Bonchev–Trinajstić information content (AvgIpc) is 1.93. The van der Waals surface area contributed by atoms with Crippen molar-refractivity contribution in [1.29, 1.82) is 0 Å². The zero-order valence-electron chi connectivity index (χ0n) is 7.56. The second-order valence-corrected chi connectivity index (χ2v) is 2.05. The lowest BCUT2D eigenvalue weighted by Crippen LogP contribution is -1.52. The Kier molecular flexibility index (Phi) is 19.3. The van der Waals surface area contributed by atoms with E-state index in [1.807, 2.05) is 13.0 Å². The Labute approximate surface area is 65.7 Å². The minimum atomic E-state index is 1.15. The van der Waals surface area contributed by atoms with Gasteiger partial charge in [-0.2, -0.15) is 0 Å². The second kappa shape index (κ2) is 15.8. The van der Waals surface area contributed by atoms with E-state index in [4.69, 9.17) is 0 Å². The van der Waals surface area contributed by atoms with Crippen molar-refractivity contribution < 1.29 is 0 Å². The summed E-state index contributed by atoms with van der Waals surface area (Å²) in [6.45, 7) is 9.85. The smallest absolute Gasteiger partial charge is 0.0356 e. The maximum atomic E-state index is 3.55. The summed E-state index contributed by atoms with van der Waals surface area (Å²) in [7, 11) is 0. The van der Waals surface area contributed by atoms with Crippen LogP contribution in [0.1, 0.15) is 40.0 Å². The summed E-state index contributed by atoms with van der Waals surface area (Å²) in [5.74, 6) is 0. The molecule has 0 N–H and O–H groups in total. The highest BCUT2D eigenvalue weighted by molar-refractivity contribution is 4.73. The molecule has 0 bridgehead atoms. The summed E-state index contributed by atoms with van der Waals surface area (Å²) in [6, 6.07) is 0. The molecule has 0 radical (unpaired) electrons. The number of hydrogen-bond donors (Lipinski definition) is 0. The predicted octanol–water partition coefficient (Wildman–Crippen LogP) is 3.95. The van der Waals surface area contributed by atoms with Crippen LogP contribution in [0.3, 0.4) is 0 Å². The monoisotopic (exact) mass is 140 g/mol. The third kappa shape index (κ3) is 25.9. The standard InChI is InChI=1S/2C5H10/c2*1-3-5-4-2/h3,5H,4H2,1-2H3;3H,1,4-5H2,2H3/b5-3-;. The molecule has 0 nitrogen and oxygen atoms in total. The Morgan fingerprint density at radius 3 is 1.90 bits per heavy atom. The Balaban J connectivity index is 0. The zero-order chi connectivity index (χ0) is 8.24. The first-order valence-electron chi connectivity index (χ1n) is 4.05. The highest BCUT2D eigenvalue weighted by atomic mass is 13.7. The quantitative estimate of drug-likeness (QED) is 0.521. The van der Waals surface area contributed by atoms with Crippen molar-refractivity contribution in [1.82, 2.24) is 0 Å². The van der Waals surface area contributed by atoms with Crippen molar-refractivity contribution in [2.75, 3.05) is 0 Å². The van der Waals surface area contributed by atoms with E-state index < -0.39 is 0 Å².